The smallest absolute Gasteiger partial charge is 0.160 e. The molecule has 0 radical (unpaired) electrons. The molecule has 0 aliphatic heterocycles. The Bertz CT molecular complexity index is 3150. The zero-order valence-corrected chi connectivity index (χ0v) is 29.6. The maximum atomic E-state index is 5.30. The van der Waals surface area contributed by atoms with Gasteiger partial charge in [0.15, 0.2) is 5.82 Å². The second kappa shape index (κ2) is 12.3. The molecule has 0 saturated heterocycles. The summed E-state index contributed by atoms with van der Waals surface area (Å²) in [5.41, 5.74) is 12.7. The van der Waals surface area contributed by atoms with E-state index >= 15 is 0 Å². The van der Waals surface area contributed by atoms with Gasteiger partial charge in [0.1, 0.15) is 11.0 Å². The molecule has 0 unspecified atom stereocenters. The van der Waals surface area contributed by atoms with Crippen molar-refractivity contribution in [1.29, 1.82) is 0 Å². The number of hydrogen-bond acceptors (Lipinski definition) is 6. The van der Waals surface area contributed by atoms with Gasteiger partial charge >= 0.3 is 0 Å². The van der Waals surface area contributed by atoms with Crippen molar-refractivity contribution in [3.8, 4) is 50.8 Å². The van der Waals surface area contributed by atoms with Crippen molar-refractivity contribution in [1.82, 2.24) is 28.3 Å². The maximum Gasteiger partial charge on any atom is 0.160 e. The zero-order valence-electron chi connectivity index (χ0n) is 28.8. The van der Waals surface area contributed by atoms with Crippen LogP contribution in [0.1, 0.15) is 0 Å². The van der Waals surface area contributed by atoms with E-state index < -0.39 is 0 Å². The lowest BCUT2D eigenvalue weighted by atomic mass is 9.97. The predicted molar refractivity (Wildman–Crippen MR) is 222 cm³/mol. The Hall–Kier alpha value is -7.09. The molecular weight excluding hydrogens is 681 g/mol. The van der Waals surface area contributed by atoms with Crippen molar-refractivity contribution < 1.29 is 0 Å². The normalized spacial score (nSPS) is 11.7. The highest BCUT2D eigenvalue weighted by atomic mass is 32.1. The highest BCUT2D eigenvalue weighted by molar-refractivity contribution is 7.00. The van der Waals surface area contributed by atoms with Gasteiger partial charge in [-0.05, 0) is 48.5 Å². The molecule has 54 heavy (non-hydrogen) atoms. The third-order valence-electron chi connectivity index (χ3n) is 10.3. The van der Waals surface area contributed by atoms with E-state index in [2.05, 4.69) is 148 Å². The van der Waals surface area contributed by atoms with E-state index in [1.54, 1.807) is 0 Å². The van der Waals surface area contributed by atoms with Crippen molar-refractivity contribution in [2.75, 3.05) is 0 Å². The highest BCUT2D eigenvalue weighted by Crippen LogP contribution is 2.39. The lowest BCUT2D eigenvalue weighted by Gasteiger charge is -2.13. The quantitative estimate of drug-likeness (QED) is 0.166. The van der Waals surface area contributed by atoms with Crippen LogP contribution in [0, 0.1) is 0 Å². The highest BCUT2D eigenvalue weighted by Gasteiger charge is 2.18. The van der Waals surface area contributed by atoms with Crippen molar-refractivity contribution in [3.63, 3.8) is 0 Å². The Morgan fingerprint density at radius 3 is 1.74 bits per heavy atom. The Kier molecular flexibility index (Phi) is 6.93. The average Bonchev–Trinajstić information content (AvgIpc) is 3.87. The summed E-state index contributed by atoms with van der Waals surface area (Å²) in [5.74, 6) is 0.668. The standard InChI is InChI=1S/C47H28N6S/c1-3-11-30(12-4-1)45-37-25-26-38-46(52-54-51-38)44(37)36-24-21-32(27-41(36)48-45)40-28-39(49-47(50-40)31-13-5-2-6-14-31)29-19-22-33(23-20-29)53-42-17-9-7-15-34(42)35-16-8-10-18-43(35)53/h1-28H. The van der Waals surface area contributed by atoms with Gasteiger partial charge in [-0.15, -0.1) is 0 Å². The molecule has 0 aliphatic carbocycles. The number of benzene rings is 7. The SMILES string of the molecule is c1ccc(-c2nc(-c3ccc(-n4c5ccccc5c5ccccc54)cc3)cc(-c3ccc4c(c3)nc(-c3ccccc3)c3ccc5nsnc5c34)n2)cc1. The number of fused-ring (bicyclic) bond motifs is 8. The Morgan fingerprint density at radius 1 is 0.407 bits per heavy atom. The first kappa shape index (κ1) is 30.5. The van der Waals surface area contributed by atoms with Crippen LogP contribution in [0.2, 0.25) is 0 Å². The minimum atomic E-state index is 0.668. The lowest BCUT2D eigenvalue weighted by molar-refractivity contribution is 1.17. The van der Waals surface area contributed by atoms with E-state index in [0.717, 1.165) is 77.7 Å². The fourth-order valence-electron chi connectivity index (χ4n) is 7.75. The first-order chi connectivity index (χ1) is 26.8. The fourth-order valence-corrected chi connectivity index (χ4v) is 8.30. The van der Waals surface area contributed by atoms with Crippen molar-refractivity contribution >= 4 is 66.2 Å². The molecule has 0 atom stereocenters. The van der Waals surface area contributed by atoms with Crippen molar-refractivity contribution in [3.05, 3.63) is 170 Å². The summed E-state index contributed by atoms with van der Waals surface area (Å²) in [6.07, 6.45) is 0. The number of nitrogens with zero attached hydrogens (tertiary/aromatic N) is 6. The van der Waals surface area contributed by atoms with Gasteiger partial charge in [-0.3, -0.25) is 0 Å². The Labute approximate surface area is 314 Å². The number of para-hydroxylation sites is 2. The summed E-state index contributed by atoms with van der Waals surface area (Å²) in [4.78, 5) is 15.6. The number of pyridine rings is 1. The summed E-state index contributed by atoms with van der Waals surface area (Å²) in [6, 6.07) is 59.1. The maximum absolute atomic E-state index is 5.30. The molecular formula is C47H28N6S. The molecule has 6 nitrogen and oxygen atoms in total. The summed E-state index contributed by atoms with van der Waals surface area (Å²) in [7, 11) is 0. The molecule has 7 aromatic carbocycles. The van der Waals surface area contributed by atoms with Gasteiger partial charge in [-0.25, -0.2) is 15.0 Å². The van der Waals surface area contributed by atoms with Crippen LogP contribution < -0.4 is 0 Å². The third-order valence-corrected chi connectivity index (χ3v) is 10.8. The molecule has 252 valence electrons. The summed E-state index contributed by atoms with van der Waals surface area (Å²) < 4.78 is 11.6. The zero-order chi connectivity index (χ0) is 35.6. The van der Waals surface area contributed by atoms with E-state index in [4.69, 9.17) is 19.3 Å². The van der Waals surface area contributed by atoms with Gasteiger partial charge in [0.05, 0.1) is 45.4 Å². The first-order valence-electron chi connectivity index (χ1n) is 17.8. The number of hydrogen-bond donors (Lipinski definition) is 0. The van der Waals surface area contributed by atoms with E-state index in [1.165, 1.54) is 33.5 Å². The van der Waals surface area contributed by atoms with Crippen LogP contribution in [0.5, 0.6) is 0 Å². The molecule has 0 N–H and O–H groups in total. The van der Waals surface area contributed by atoms with Gasteiger partial charge in [0.2, 0.25) is 0 Å². The van der Waals surface area contributed by atoms with E-state index in [-0.39, 0.29) is 0 Å². The molecule has 7 heteroatoms. The van der Waals surface area contributed by atoms with Gasteiger partial charge in [-0.1, -0.05) is 121 Å². The van der Waals surface area contributed by atoms with Crippen LogP contribution in [-0.4, -0.2) is 28.3 Å². The molecule has 4 aromatic heterocycles. The van der Waals surface area contributed by atoms with Crippen LogP contribution in [0.15, 0.2) is 170 Å². The summed E-state index contributed by atoms with van der Waals surface area (Å²) in [6.45, 7) is 0. The van der Waals surface area contributed by atoms with Crippen LogP contribution in [0.4, 0.5) is 0 Å². The Morgan fingerprint density at radius 2 is 1.02 bits per heavy atom. The minimum Gasteiger partial charge on any atom is -0.309 e. The van der Waals surface area contributed by atoms with Gasteiger partial charge in [0.25, 0.3) is 0 Å². The van der Waals surface area contributed by atoms with Crippen molar-refractivity contribution in [2.45, 2.75) is 0 Å². The summed E-state index contributed by atoms with van der Waals surface area (Å²) in [5, 5.41) is 5.64. The van der Waals surface area contributed by atoms with E-state index in [9.17, 15) is 0 Å². The van der Waals surface area contributed by atoms with E-state index in [0.29, 0.717) is 5.82 Å². The van der Waals surface area contributed by atoms with Crippen LogP contribution in [-0.2, 0) is 0 Å². The monoisotopic (exact) mass is 708 g/mol. The molecule has 0 amide bonds. The predicted octanol–water partition coefficient (Wildman–Crippen LogP) is 11.9. The van der Waals surface area contributed by atoms with Crippen molar-refractivity contribution in [2.24, 2.45) is 0 Å². The first-order valence-corrected chi connectivity index (χ1v) is 18.6. The molecule has 0 aliphatic rings. The van der Waals surface area contributed by atoms with Gasteiger partial charge in [-0.2, -0.15) is 8.75 Å². The Balaban J connectivity index is 1.08. The molecule has 0 bridgehead atoms. The largest absolute Gasteiger partial charge is 0.309 e. The van der Waals surface area contributed by atoms with Crippen LogP contribution >= 0.6 is 11.7 Å². The second-order valence-electron chi connectivity index (χ2n) is 13.4. The molecule has 11 aromatic rings. The van der Waals surface area contributed by atoms with Crippen LogP contribution in [0.25, 0.3) is 105 Å². The van der Waals surface area contributed by atoms with E-state index in [1.807, 2.05) is 30.3 Å². The van der Waals surface area contributed by atoms with Crippen LogP contribution in [0.3, 0.4) is 0 Å². The van der Waals surface area contributed by atoms with Gasteiger partial charge < -0.3 is 4.57 Å². The average molecular weight is 709 g/mol. The minimum absolute atomic E-state index is 0.668. The molecule has 0 saturated carbocycles. The molecule has 0 spiro atoms. The topological polar surface area (TPSA) is 69.4 Å². The number of aromatic nitrogens is 6. The fraction of sp³-hybridized carbons (Fsp3) is 0. The number of rotatable bonds is 5. The third kappa shape index (κ3) is 4.90. The second-order valence-corrected chi connectivity index (χ2v) is 14.0. The molecule has 11 rings (SSSR count). The van der Waals surface area contributed by atoms with Gasteiger partial charge in [0, 0.05) is 54.9 Å². The molecule has 0 fully saturated rings. The lowest BCUT2D eigenvalue weighted by Crippen LogP contribution is -1.97. The summed E-state index contributed by atoms with van der Waals surface area (Å²) >= 11 is 1.24. The molecule has 4 heterocycles.